The predicted molar refractivity (Wildman–Crippen MR) is 75.1 cm³/mol. The molecule has 102 valence electrons. The maximum absolute atomic E-state index is 9.28. The van der Waals surface area contributed by atoms with Crippen molar-refractivity contribution >= 4 is 0 Å². The minimum Gasteiger partial charge on any atom is -0.496 e. The number of ether oxygens (including phenoxy) is 1. The van der Waals surface area contributed by atoms with Crippen molar-refractivity contribution in [3.8, 4) is 5.75 Å². The lowest BCUT2D eigenvalue weighted by molar-refractivity contribution is 0.163. The summed E-state index contributed by atoms with van der Waals surface area (Å²) in [4.78, 5) is 2.23. The number of hydrogen-bond donors (Lipinski definition) is 1. The average Bonchev–Trinajstić information content (AvgIpc) is 2.26. The summed E-state index contributed by atoms with van der Waals surface area (Å²) in [5, 5.41) is 9.28. The normalized spacial score (nSPS) is 12.8. The highest BCUT2D eigenvalue weighted by Crippen LogP contribution is 2.24. The molecule has 0 heterocycles. The van der Waals surface area contributed by atoms with Crippen LogP contribution in [0.15, 0.2) is 12.1 Å². The Kier molecular flexibility index (Phi) is 5.63. The predicted octanol–water partition coefficient (Wildman–Crippen LogP) is 2.51. The summed E-state index contributed by atoms with van der Waals surface area (Å²) < 4.78 is 5.37. The third-order valence-corrected chi connectivity index (χ3v) is 3.11. The first-order chi connectivity index (χ1) is 8.43. The number of hydrogen-bond acceptors (Lipinski definition) is 3. The van der Waals surface area contributed by atoms with Crippen molar-refractivity contribution in [2.75, 3.05) is 20.7 Å². The standard InChI is InChI=1S/C15H25NO2/c1-11-8-14(9-12(2)15(11)18-5)10-16(4)7-6-13(3)17/h8-9,13,17H,6-7,10H2,1-5H3. The first-order valence-electron chi connectivity index (χ1n) is 6.44. The van der Waals surface area contributed by atoms with E-state index in [2.05, 4.69) is 37.9 Å². The first-order valence-corrected chi connectivity index (χ1v) is 6.44. The van der Waals surface area contributed by atoms with E-state index in [4.69, 9.17) is 4.74 Å². The zero-order valence-electron chi connectivity index (χ0n) is 12.2. The summed E-state index contributed by atoms with van der Waals surface area (Å²) in [6, 6.07) is 4.34. The lowest BCUT2D eigenvalue weighted by atomic mass is 10.1. The highest BCUT2D eigenvalue weighted by Gasteiger charge is 2.07. The number of benzene rings is 1. The molecule has 0 spiro atoms. The Hall–Kier alpha value is -1.06. The minimum absolute atomic E-state index is 0.230. The Bertz CT molecular complexity index is 365. The van der Waals surface area contributed by atoms with Gasteiger partial charge in [0.25, 0.3) is 0 Å². The van der Waals surface area contributed by atoms with Gasteiger partial charge >= 0.3 is 0 Å². The second-order valence-electron chi connectivity index (χ2n) is 5.14. The van der Waals surface area contributed by atoms with Crippen LogP contribution in [0.3, 0.4) is 0 Å². The Labute approximate surface area is 110 Å². The summed E-state index contributed by atoms with van der Waals surface area (Å²) in [5.41, 5.74) is 3.65. The first kappa shape index (κ1) is 15.0. The van der Waals surface area contributed by atoms with Gasteiger partial charge in [0.1, 0.15) is 5.75 Å². The van der Waals surface area contributed by atoms with Crippen LogP contribution in [-0.4, -0.2) is 36.8 Å². The van der Waals surface area contributed by atoms with E-state index in [1.54, 1.807) is 7.11 Å². The second kappa shape index (κ2) is 6.76. The summed E-state index contributed by atoms with van der Waals surface area (Å²) in [5.74, 6) is 0.977. The van der Waals surface area contributed by atoms with Crippen molar-refractivity contribution in [1.82, 2.24) is 4.90 Å². The van der Waals surface area contributed by atoms with E-state index in [1.807, 2.05) is 6.92 Å². The topological polar surface area (TPSA) is 32.7 Å². The smallest absolute Gasteiger partial charge is 0.124 e. The van der Waals surface area contributed by atoms with Gasteiger partial charge in [-0.3, -0.25) is 0 Å². The van der Waals surface area contributed by atoms with Crippen LogP contribution in [-0.2, 0) is 6.54 Å². The van der Waals surface area contributed by atoms with Crippen LogP contribution in [0.5, 0.6) is 5.75 Å². The van der Waals surface area contributed by atoms with Crippen molar-refractivity contribution in [2.24, 2.45) is 0 Å². The number of aryl methyl sites for hydroxylation is 2. The van der Waals surface area contributed by atoms with Crippen LogP contribution in [0.1, 0.15) is 30.0 Å². The second-order valence-corrected chi connectivity index (χ2v) is 5.14. The van der Waals surface area contributed by atoms with E-state index >= 15 is 0 Å². The molecule has 0 saturated heterocycles. The van der Waals surface area contributed by atoms with E-state index in [0.29, 0.717) is 0 Å². The average molecular weight is 251 g/mol. The number of nitrogens with zero attached hydrogens (tertiary/aromatic N) is 1. The highest BCUT2D eigenvalue weighted by atomic mass is 16.5. The summed E-state index contributed by atoms with van der Waals surface area (Å²) in [6.07, 6.45) is 0.580. The van der Waals surface area contributed by atoms with Gasteiger partial charge < -0.3 is 14.7 Å². The van der Waals surface area contributed by atoms with E-state index in [1.165, 1.54) is 16.7 Å². The van der Waals surface area contributed by atoms with Crippen LogP contribution in [0, 0.1) is 13.8 Å². The Morgan fingerprint density at radius 2 is 1.83 bits per heavy atom. The molecular weight excluding hydrogens is 226 g/mol. The van der Waals surface area contributed by atoms with Gasteiger partial charge in [-0.25, -0.2) is 0 Å². The van der Waals surface area contributed by atoms with E-state index < -0.39 is 0 Å². The molecule has 0 radical (unpaired) electrons. The summed E-state index contributed by atoms with van der Waals surface area (Å²) in [6.45, 7) is 7.78. The maximum Gasteiger partial charge on any atom is 0.124 e. The molecule has 0 fully saturated rings. The minimum atomic E-state index is -0.230. The van der Waals surface area contributed by atoms with Gasteiger partial charge in [0.05, 0.1) is 13.2 Å². The molecule has 1 unspecified atom stereocenters. The molecule has 0 aromatic heterocycles. The molecule has 1 N–H and O–H groups in total. The van der Waals surface area contributed by atoms with Crippen LogP contribution in [0.2, 0.25) is 0 Å². The Balaban J connectivity index is 2.68. The molecule has 3 nitrogen and oxygen atoms in total. The molecular formula is C15H25NO2. The van der Waals surface area contributed by atoms with E-state index in [9.17, 15) is 5.11 Å². The molecule has 0 aliphatic heterocycles. The summed E-state index contributed by atoms with van der Waals surface area (Å²) >= 11 is 0. The molecule has 0 saturated carbocycles. The number of aliphatic hydroxyl groups is 1. The SMILES string of the molecule is COc1c(C)cc(CN(C)CCC(C)O)cc1C. The van der Waals surface area contributed by atoms with Gasteiger partial charge in [0.15, 0.2) is 0 Å². The Morgan fingerprint density at radius 1 is 1.28 bits per heavy atom. The fourth-order valence-electron chi connectivity index (χ4n) is 2.25. The number of methoxy groups -OCH3 is 1. The summed E-state index contributed by atoms with van der Waals surface area (Å²) in [7, 11) is 3.79. The van der Waals surface area contributed by atoms with Crippen molar-refractivity contribution < 1.29 is 9.84 Å². The lowest BCUT2D eigenvalue weighted by Crippen LogP contribution is -2.22. The van der Waals surface area contributed by atoms with Crippen molar-refractivity contribution in [3.05, 3.63) is 28.8 Å². The van der Waals surface area contributed by atoms with Gasteiger partial charge in [-0.1, -0.05) is 12.1 Å². The van der Waals surface area contributed by atoms with Crippen molar-refractivity contribution in [2.45, 2.75) is 39.8 Å². The molecule has 1 aromatic rings. The quantitative estimate of drug-likeness (QED) is 0.843. The zero-order chi connectivity index (χ0) is 13.7. The van der Waals surface area contributed by atoms with Gasteiger partial charge in [0, 0.05) is 13.1 Å². The van der Waals surface area contributed by atoms with Gasteiger partial charge in [-0.05, 0) is 50.9 Å². The van der Waals surface area contributed by atoms with Gasteiger partial charge in [-0.2, -0.15) is 0 Å². The van der Waals surface area contributed by atoms with E-state index in [-0.39, 0.29) is 6.10 Å². The van der Waals surface area contributed by atoms with Crippen LogP contribution in [0.4, 0.5) is 0 Å². The van der Waals surface area contributed by atoms with Gasteiger partial charge in [-0.15, -0.1) is 0 Å². The molecule has 0 aliphatic carbocycles. The number of rotatable bonds is 6. The molecule has 1 atom stereocenters. The molecule has 0 aliphatic rings. The van der Waals surface area contributed by atoms with Crippen molar-refractivity contribution in [1.29, 1.82) is 0 Å². The third-order valence-electron chi connectivity index (χ3n) is 3.11. The molecule has 18 heavy (non-hydrogen) atoms. The molecule has 1 rings (SSSR count). The Morgan fingerprint density at radius 3 is 2.28 bits per heavy atom. The highest BCUT2D eigenvalue weighted by molar-refractivity contribution is 5.43. The lowest BCUT2D eigenvalue weighted by Gasteiger charge is -2.19. The molecule has 1 aromatic carbocycles. The molecule has 0 bridgehead atoms. The fourth-order valence-corrected chi connectivity index (χ4v) is 2.25. The number of aliphatic hydroxyl groups excluding tert-OH is 1. The van der Waals surface area contributed by atoms with Gasteiger partial charge in [0.2, 0.25) is 0 Å². The zero-order valence-corrected chi connectivity index (χ0v) is 12.2. The molecule has 3 heteroatoms. The fraction of sp³-hybridized carbons (Fsp3) is 0.600. The van der Waals surface area contributed by atoms with Crippen LogP contribution < -0.4 is 4.74 Å². The van der Waals surface area contributed by atoms with Crippen LogP contribution >= 0.6 is 0 Å². The van der Waals surface area contributed by atoms with Crippen molar-refractivity contribution in [3.63, 3.8) is 0 Å². The maximum atomic E-state index is 9.28. The molecule has 0 amide bonds. The monoisotopic (exact) mass is 251 g/mol. The largest absolute Gasteiger partial charge is 0.496 e. The van der Waals surface area contributed by atoms with E-state index in [0.717, 1.165) is 25.3 Å². The third kappa shape index (κ3) is 4.31. The van der Waals surface area contributed by atoms with Crippen LogP contribution in [0.25, 0.3) is 0 Å².